The number of aliphatic hydroxyl groups is 1. The number of aromatic nitrogens is 2. The lowest BCUT2D eigenvalue weighted by Gasteiger charge is -2.05. The Kier molecular flexibility index (Phi) is 5.41. The largest absolute Gasteiger partial charge is 1.00 e. The molecule has 0 amide bonds. The van der Waals surface area contributed by atoms with Crippen molar-refractivity contribution in [1.29, 1.82) is 0 Å². The zero-order chi connectivity index (χ0) is 16.4. The molecule has 2 aromatic heterocycles. The number of aliphatic hydroxyl groups excluding tert-OH is 1. The predicted molar refractivity (Wildman–Crippen MR) is 94.3 cm³/mol. The summed E-state index contributed by atoms with van der Waals surface area (Å²) in [7, 11) is 0. The van der Waals surface area contributed by atoms with E-state index in [9.17, 15) is 5.11 Å². The smallest absolute Gasteiger partial charge is 0.180 e. The first-order chi connectivity index (χ1) is 11.8. The van der Waals surface area contributed by atoms with Crippen LogP contribution >= 0.6 is 0 Å². The van der Waals surface area contributed by atoms with Crippen molar-refractivity contribution in [2.45, 2.75) is 19.2 Å². The van der Waals surface area contributed by atoms with E-state index in [1.165, 1.54) is 21.5 Å². The minimum Gasteiger partial charge on any atom is -1.00 e. The van der Waals surface area contributed by atoms with Crippen LogP contribution in [0.25, 0.3) is 21.5 Å². The monoisotopic (exact) mass is 395 g/mol. The van der Waals surface area contributed by atoms with Crippen LogP contribution in [0, 0.1) is 0 Å². The molecular weight excluding hydrogens is 376 g/mol. The molecule has 0 unspecified atom stereocenters. The standard InChI is InChI=1S/C21H20N2O.BrH/c24-21(15-22-11-9-17-5-1-3-7-19(17)13-22)16-23-12-10-18-6-2-4-8-20(18)14-23;/h1-14,21,24H,15-16H2;1H/q+2;/p-1. The fourth-order valence-electron chi connectivity index (χ4n) is 3.13. The molecule has 4 aromatic rings. The van der Waals surface area contributed by atoms with Gasteiger partial charge < -0.3 is 22.1 Å². The quantitative estimate of drug-likeness (QED) is 0.469. The van der Waals surface area contributed by atoms with Crippen LogP contribution in [0.4, 0.5) is 0 Å². The molecule has 1 N–H and O–H groups in total. The average molecular weight is 396 g/mol. The van der Waals surface area contributed by atoms with E-state index < -0.39 is 6.10 Å². The Labute approximate surface area is 157 Å². The molecule has 25 heavy (non-hydrogen) atoms. The molecule has 0 aliphatic heterocycles. The van der Waals surface area contributed by atoms with Crippen LogP contribution in [0.2, 0.25) is 0 Å². The van der Waals surface area contributed by atoms with E-state index in [0.717, 1.165) is 0 Å². The number of hydrogen-bond acceptors (Lipinski definition) is 1. The maximum Gasteiger partial charge on any atom is 0.180 e. The highest BCUT2D eigenvalue weighted by Gasteiger charge is 2.16. The summed E-state index contributed by atoms with van der Waals surface area (Å²) in [5.74, 6) is 0. The first-order valence-corrected chi connectivity index (χ1v) is 8.22. The van der Waals surface area contributed by atoms with E-state index in [1.807, 2.05) is 36.7 Å². The summed E-state index contributed by atoms with van der Waals surface area (Å²) >= 11 is 0. The second-order valence-corrected chi connectivity index (χ2v) is 6.19. The van der Waals surface area contributed by atoms with E-state index in [1.54, 1.807) is 0 Å². The fourth-order valence-corrected chi connectivity index (χ4v) is 3.13. The summed E-state index contributed by atoms with van der Waals surface area (Å²) in [5, 5.41) is 15.3. The maximum atomic E-state index is 10.5. The number of hydrogen-bond donors (Lipinski definition) is 1. The van der Waals surface area contributed by atoms with Crippen molar-refractivity contribution in [3.8, 4) is 0 Å². The van der Waals surface area contributed by atoms with Gasteiger partial charge in [0.05, 0.1) is 0 Å². The molecule has 0 bridgehead atoms. The third-order valence-corrected chi connectivity index (χ3v) is 4.34. The molecule has 0 atom stereocenters. The highest BCUT2D eigenvalue weighted by molar-refractivity contribution is 5.80. The molecule has 0 saturated heterocycles. The van der Waals surface area contributed by atoms with Crippen molar-refractivity contribution < 1.29 is 31.2 Å². The van der Waals surface area contributed by atoms with Crippen molar-refractivity contribution in [3.63, 3.8) is 0 Å². The fraction of sp³-hybridized carbons (Fsp3) is 0.143. The van der Waals surface area contributed by atoms with Crippen LogP contribution in [-0.2, 0) is 13.1 Å². The minimum atomic E-state index is -0.442. The average Bonchev–Trinajstić information content (AvgIpc) is 2.61. The zero-order valence-electron chi connectivity index (χ0n) is 13.8. The molecule has 0 radical (unpaired) electrons. The highest BCUT2D eigenvalue weighted by Crippen LogP contribution is 2.10. The van der Waals surface area contributed by atoms with Gasteiger partial charge in [-0.05, 0) is 22.9 Å². The van der Waals surface area contributed by atoms with Gasteiger partial charge in [-0.15, -0.1) is 0 Å². The number of fused-ring (bicyclic) bond motifs is 2. The van der Waals surface area contributed by atoms with Gasteiger partial charge in [-0.25, -0.2) is 9.13 Å². The molecule has 0 fully saturated rings. The van der Waals surface area contributed by atoms with Crippen molar-refractivity contribution in [2.75, 3.05) is 0 Å². The summed E-state index contributed by atoms with van der Waals surface area (Å²) in [6.07, 6.45) is 7.78. The molecule has 0 aliphatic carbocycles. The Morgan fingerprint density at radius 1 is 0.640 bits per heavy atom. The minimum absolute atomic E-state index is 0. The van der Waals surface area contributed by atoms with Gasteiger partial charge in [0, 0.05) is 22.9 Å². The van der Waals surface area contributed by atoms with Crippen LogP contribution in [-0.4, -0.2) is 11.2 Å². The van der Waals surface area contributed by atoms with Crippen molar-refractivity contribution >= 4 is 21.5 Å². The van der Waals surface area contributed by atoms with Gasteiger partial charge in [-0.2, -0.15) is 0 Å². The first kappa shape index (κ1) is 17.5. The molecule has 4 rings (SSSR count). The molecule has 0 aliphatic rings. The van der Waals surface area contributed by atoms with Crippen molar-refractivity contribution in [3.05, 3.63) is 85.5 Å². The molecule has 2 heterocycles. The van der Waals surface area contributed by atoms with Crippen LogP contribution in [0.1, 0.15) is 0 Å². The Balaban J connectivity index is 0.00000182. The summed E-state index contributed by atoms with van der Waals surface area (Å²) in [5.41, 5.74) is 0. The highest BCUT2D eigenvalue weighted by atomic mass is 79.9. The normalized spacial score (nSPS) is 11.0. The van der Waals surface area contributed by atoms with E-state index in [-0.39, 0.29) is 17.0 Å². The lowest BCUT2D eigenvalue weighted by atomic mass is 10.2. The van der Waals surface area contributed by atoms with Crippen LogP contribution in [0.15, 0.2) is 85.5 Å². The summed E-state index contributed by atoms with van der Waals surface area (Å²) in [4.78, 5) is 0. The van der Waals surface area contributed by atoms with Gasteiger partial charge in [-0.3, -0.25) is 0 Å². The van der Waals surface area contributed by atoms with Crippen LogP contribution in [0.5, 0.6) is 0 Å². The second kappa shape index (κ2) is 7.72. The van der Waals surface area contributed by atoms with Crippen molar-refractivity contribution in [1.82, 2.24) is 0 Å². The molecule has 3 nitrogen and oxygen atoms in total. The van der Waals surface area contributed by atoms with E-state index >= 15 is 0 Å². The maximum absolute atomic E-state index is 10.5. The summed E-state index contributed by atoms with van der Waals surface area (Å²) in [6, 6.07) is 20.7. The molecular formula is C21H20BrN2O+. The van der Waals surface area contributed by atoms with Gasteiger partial charge in [0.15, 0.2) is 44.0 Å². The SMILES string of the molecule is OC(C[n+]1ccc2ccccc2c1)C[n+]1ccc2ccccc2c1.[Br-]. The number of pyridine rings is 2. The van der Waals surface area contributed by atoms with Gasteiger partial charge in [-0.1, -0.05) is 36.4 Å². The Bertz CT molecular complexity index is 922. The second-order valence-electron chi connectivity index (χ2n) is 6.19. The molecule has 2 aromatic carbocycles. The Hall–Kier alpha value is -2.30. The van der Waals surface area contributed by atoms with Gasteiger partial charge >= 0.3 is 0 Å². The van der Waals surface area contributed by atoms with Crippen LogP contribution in [0.3, 0.4) is 0 Å². The number of halogens is 1. The van der Waals surface area contributed by atoms with E-state index in [0.29, 0.717) is 13.1 Å². The van der Waals surface area contributed by atoms with E-state index in [4.69, 9.17) is 0 Å². The molecule has 4 heteroatoms. The first-order valence-electron chi connectivity index (χ1n) is 8.22. The summed E-state index contributed by atoms with van der Waals surface area (Å²) in [6.45, 7) is 1.15. The lowest BCUT2D eigenvalue weighted by molar-refractivity contribution is -0.736. The third kappa shape index (κ3) is 4.03. The zero-order valence-corrected chi connectivity index (χ0v) is 15.4. The lowest BCUT2D eigenvalue weighted by Crippen LogP contribution is -3.00. The molecule has 0 saturated carbocycles. The van der Waals surface area contributed by atoms with Crippen LogP contribution < -0.4 is 26.1 Å². The molecule has 0 spiro atoms. The Morgan fingerprint density at radius 3 is 1.48 bits per heavy atom. The van der Waals surface area contributed by atoms with Gasteiger partial charge in [0.1, 0.15) is 0 Å². The van der Waals surface area contributed by atoms with Gasteiger partial charge in [0.25, 0.3) is 0 Å². The third-order valence-electron chi connectivity index (χ3n) is 4.34. The van der Waals surface area contributed by atoms with E-state index in [2.05, 4.69) is 57.9 Å². The van der Waals surface area contributed by atoms with Crippen molar-refractivity contribution in [2.24, 2.45) is 0 Å². The van der Waals surface area contributed by atoms with Gasteiger partial charge in [0.2, 0.25) is 0 Å². The number of nitrogens with zero attached hydrogens (tertiary/aromatic N) is 2. The topological polar surface area (TPSA) is 28.0 Å². The number of rotatable bonds is 4. The molecule has 126 valence electrons. The number of benzene rings is 2. The predicted octanol–water partition coefficient (Wildman–Crippen LogP) is -0.367. The Morgan fingerprint density at radius 2 is 1.04 bits per heavy atom. The summed E-state index contributed by atoms with van der Waals surface area (Å²) < 4.78 is 4.10.